The molecule has 1 aromatic heterocycles. The van der Waals surface area contributed by atoms with E-state index in [-0.39, 0.29) is 35.4 Å². The number of carbonyl (C=O) groups is 2. The first kappa shape index (κ1) is 18.3. The summed E-state index contributed by atoms with van der Waals surface area (Å²) in [6, 6.07) is 0.150. The van der Waals surface area contributed by atoms with Crippen LogP contribution in [0.1, 0.15) is 19.5 Å². The van der Waals surface area contributed by atoms with Crippen molar-refractivity contribution in [3.8, 4) is 0 Å². The minimum Gasteiger partial charge on any atom is -0.477 e. The van der Waals surface area contributed by atoms with Gasteiger partial charge in [-0.15, -0.1) is 11.8 Å². The van der Waals surface area contributed by atoms with Gasteiger partial charge in [-0.3, -0.25) is 4.79 Å². The van der Waals surface area contributed by atoms with Crippen LogP contribution in [0, 0.1) is 11.8 Å². The number of aliphatic carboxylic acids is 1. The van der Waals surface area contributed by atoms with Crippen LogP contribution in [-0.2, 0) is 16.2 Å². The lowest BCUT2D eigenvalue weighted by molar-refractivity contribution is -0.163. The van der Waals surface area contributed by atoms with Gasteiger partial charge in [0.05, 0.1) is 24.7 Å². The number of aliphatic hydroxyl groups is 2. The first-order valence-corrected chi connectivity index (χ1v) is 9.67. The molecule has 1 amide bonds. The number of aromatic nitrogens is 1. The van der Waals surface area contributed by atoms with E-state index in [1.165, 1.54) is 22.9 Å². The highest BCUT2D eigenvalue weighted by Crippen LogP contribution is 2.52. The summed E-state index contributed by atoms with van der Waals surface area (Å²) in [5, 5.41) is 28.7. The number of oxazole rings is 1. The van der Waals surface area contributed by atoms with E-state index in [0.29, 0.717) is 29.7 Å². The van der Waals surface area contributed by atoms with Crippen molar-refractivity contribution in [1.29, 1.82) is 0 Å². The number of nitrogens with zero attached hydrogens (tertiary/aromatic N) is 3. The number of hydrogen-bond donors (Lipinski definition) is 3. The molecule has 27 heavy (non-hydrogen) atoms. The molecule has 2 fully saturated rings. The Balaban J connectivity index is 1.47. The van der Waals surface area contributed by atoms with E-state index in [1.807, 2.05) is 11.8 Å². The van der Waals surface area contributed by atoms with E-state index in [9.17, 15) is 19.8 Å². The lowest BCUT2D eigenvalue weighted by Gasteiger charge is -2.46. The van der Waals surface area contributed by atoms with Crippen molar-refractivity contribution in [3.63, 3.8) is 0 Å². The molecule has 4 rings (SSSR count). The molecule has 9 nitrogen and oxygen atoms in total. The van der Waals surface area contributed by atoms with Gasteiger partial charge in [0.2, 0.25) is 5.91 Å². The van der Waals surface area contributed by atoms with Crippen LogP contribution < -0.4 is 4.90 Å². The monoisotopic (exact) mass is 395 g/mol. The average Bonchev–Trinajstić information content (AvgIpc) is 3.12. The van der Waals surface area contributed by atoms with Crippen molar-refractivity contribution < 1.29 is 29.3 Å². The van der Waals surface area contributed by atoms with Crippen molar-refractivity contribution in [2.24, 2.45) is 11.8 Å². The van der Waals surface area contributed by atoms with Gasteiger partial charge in [-0.1, -0.05) is 6.92 Å². The Kier molecular flexibility index (Phi) is 4.44. The molecule has 0 aliphatic carbocycles. The molecule has 4 atom stereocenters. The first-order chi connectivity index (χ1) is 12.8. The smallest absolute Gasteiger partial charge is 0.353 e. The largest absolute Gasteiger partial charge is 0.477 e. The van der Waals surface area contributed by atoms with Crippen molar-refractivity contribution in [3.05, 3.63) is 22.6 Å². The fourth-order valence-corrected chi connectivity index (χ4v) is 5.56. The number of hydrogen-bond acceptors (Lipinski definition) is 8. The number of thioether (sulfide) groups is 1. The third kappa shape index (κ3) is 2.74. The molecule has 0 spiro atoms. The molecule has 1 aromatic rings. The number of fused-ring (bicyclic) bond motifs is 1. The Morgan fingerprint density at radius 1 is 1.48 bits per heavy atom. The maximum absolute atomic E-state index is 12.3. The summed E-state index contributed by atoms with van der Waals surface area (Å²) in [7, 11) is 0. The highest BCUT2D eigenvalue weighted by molar-refractivity contribution is 8.03. The predicted octanol–water partition coefficient (Wildman–Crippen LogP) is 0.242. The second kappa shape index (κ2) is 6.54. The minimum atomic E-state index is -1.11. The molecule has 10 heteroatoms. The maximum atomic E-state index is 12.3. The number of carboxylic acid groups (broad SMARTS) is 1. The molecule has 3 aliphatic heterocycles. The molecule has 0 radical (unpaired) electrons. The number of aliphatic hydroxyl groups excluding tert-OH is 2. The summed E-state index contributed by atoms with van der Waals surface area (Å²) in [5.74, 6) is -2.10. The Hall–Kier alpha value is -2.04. The van der Waals surface area contributed by atoms with E-state index >= 15 is 0 Å². The molecular formula is C17H21N3O6S. The zero-order valence-corrected chi connectivity index (χ0v) is 15.7. The lowest BCUT2D eigenvalue weighted by Crippen LogP contribution is -2.63. The van der Waals surface area contributed by atoms with Crippen LogP contribution in [0.5, 0.6) is 0 Å². The fourth-order valence-electron chi connectivity index (χ4n) is 4.04. The summed E-state index contributed by atoms with van der Waals surface area (Å²) in [5.41, 5.74) is 0.519. The van der Waals surface area contributed by atoms with Gasteiger partial charge in [0.15, 0.2) is 0 Å². The summed E-state index contributed by atoms with van der Waals surface area (Å²) >= 11 is 1.48. The number of amides is 1. The molecule has 3 aliphatic rings. The van der Waals surface area contributed by atoms with Crippen LogP contribution in [0.4, 0.5) is 6.01 Å². The standard InChI is InChI=1S/C17H21N3O6S/c1-7-12-11(8(2)22)15(23)20(12)13(16(24)25)14(7)27-10-3-19(4-10)17-18-9(5-21)6-26-17/h6-8,10-12,21-22H,3-5H2,1-2H3,(H,24,25)/t7-,8-,11?,12?/m1/s1. The second-order valence-corrected chi connectivity index (χ2v) is 8.54. The molecule has 3 N–H and O–H groups in total. The van der Waals surface area contributed by atoms with Crippen LogP contribution in [0.15, 0.2) is 21.3 Å². The normalized spacial score (nSPS) is 28.9. The third-order valence-corrected chi connectivity index (χ3v) is 6.88. The Morgan fingerprint density at radius 3 is 2.74 bits per heavy atom. The number of carbonyl (C=O) groups excluding carboxylic acids is 1. The zero-order chi connectivity index (χ0) is 19.5. The summed E-state index contributed by atoms with van der Waals surface area (Å²) in [6.07, 6.45) is 0.609. The third-order valence-electron chi connectivity index (χ3n) is 5.42. The van der Waals surface area contributed by atoms with Crippen LogP contribution in [0.25, 0.3) is 0 Å². The van der Waals surface area contributed by atoms with Crippen molar-refractivity contribution in [1.82, 2.24) is 9.88 Å². The molecular weight excluding hydrogens is 374 g/mol. The van der Waals surface area contributed by atoms with Crippen molar-refractivity contribution in [2.45, 2.75) is 37.9 Å². The molecule has 0 bridgehead atoms. The number of β-lactam (4-membered cyclic amide) rings is 1. The fraction of sp³-hybridized carbons (Fsp3) is 0.588. The summed E-state index contributed by atoms with van der Waals surface area (Å²) < 4.78 is 5.32. The molecule has 4 heterocycles. The van der Waals surface area contributed by atoms with Crippen LogP contribution >= 0.6 is 11.8 Å². The number of anilines is 1. The van der Waals surface area contributed by atoms with Gasteiger partial charge in [-0.05, 0) is 6.92 Å². The van der Waals surface area contributed by atoms with Gasteiger partial charge in [-0.25, -0.2) is 4.79 Å². The van der Waals surface area contributed by atoms with Gasteiger partial charge in [0.1, 0.15) is 17.7 Å². The minimum absolute atomic E-state index is 0.0524. The van der Waals surface area contributed by atoms with Crippen LogP contribution in [0.2, 0.25) is 0 Å². The zero-order valence-electron chi connectivity index (χ0n) is 14.9. The first-order valence-electron chi connectivity index (χ1n) is 8.79. The van der Waals surface area contributed by atoms with E-state index < -0.39 is 18.0 Å². The topological polar surface area (TPSA) is 127 Å². The highest BCUT2D eigenvalue weighted by Gasteiger charge is 2.60. The maximum Gasteiger partial charge on any atom is 0.353 e. The Bertz CT molecular complexity index is 815. The van der Waals surface area contributed by atoms with Gasteiger partial charge in [0.25, 0.3) is 6.01 Å². The summed E-state index contributed by atoms with van der Waals surface area (Å²) in [4.78, 5) is 32.2. The van der Waals surface area contributed by atoms with Crippen LogP contribution in [0.3, 0.4) is 0 Å². The summed E-state index contributed by atoms with van der Waals surface area (Å²) in [6.45, 7) is 4.57. The lowest BCUT2D eigenvalue weighted by atomic mass is 9.79. The van der Waals surface area contributed by atoms with E-state index in [1.54, 1.807) is 6.92 Å². The molecule has 0 saturated carbocycles. The van der Waals surface area contributed by atoms with E-state index in [4.69, 9.17) is 9.52 Å². The van der Waals surface area contributed by atoms with Crippen molar-refractivity contribution >= 4 is 29.7 Å². The van der Waals surface area contributed by atoms with E-state index in [2.05, 4.69) is 4.98 Å². The van der Waals surface area contributed by atoms with Gasteiger partial charge in [-0.2, -0.15) is 4.98 Å². The van der Waals surface area contributed by atoms with Gasteiger partial charge < -0.3 is 29.5 Å². The Morgan fingerprint density at radius 2 is 2.19 bits per heavy atom. The van der Waals surface area contributed by atoms with Gasteiger partial charge >= 0.3 is 5.97 Å². The molecule has 0 aromatic carbocycles. The van der Waals surface area contributed by atoms with Gasteiger partial charge in [0, 0.05) is 29.2 Å². The number of carboxylic acids is 1. The molecule has 2 saturated heterocycles. The second-order valence-electron chi connectivity index (χ2n) is 7.20. The van der Waals surface area contributed by atoms with Crippen LogP contribution in [-0.4, -0.2) is 67.6 Å². The predicted molar refractivity (Wildman–Crippen MR) is 95.6 cm³/mol. The van der Waals surface area contributed by atoms with Crippen molar-refractivity contribution in [2.75, 3.05) is 18.0 Å². The average molecular weight is 395 g/mol. The molecule has 146 valence electrons. The Labute approximate surface area is 159 Å². The highest BCUT2D eigenvalue weighted by atomic mass is 32.2. The molecule has 2 unspecified atom stereocenters. The number of rotatable bonds is 6. The van der Waals surface area contributed by atoms with E-state index in [0.717, 1.165) is 0 Å². The SMILES string of the molecule is C[C@@H](O)C1C(=O)N2C(C(=O)O)=C(SC3CN(c4nc(CO)co4)C3)[C@H](C)C12. The quantitative estimate of drug-likeness (QED) is 0.581.